The average molecular weight is 224 g/mol. The first-order valence-electron chi connectivity index (χ1n) is 3.72. The van der Waals surface area contributed by atoms with Crippen LogP contribution in [0.25, 0.3) is 0 Å². The van der Waals surface area contributed by atoms with Crippen LogP contribution in [0.1, 0.15) is 26.2 Å². The Balaban J connectivity index is 2.51. The molecule has 0 bridgehead atoms. The molecule has 0 aromatic rings. The predicted molar refractivity (Wildman–Crippen MR) is 47.8 cm³/mol. The van der Waals surface area contributed by atoms with Crippen molar-refractivity contribution >= 4 is 26.6 Å². The van der Waals surface area contributed by atoms with Crippen LogP contribution in [0.2, 0.25) is 10.6 Å². The number of halogens is 1. The number of allylic oxidation sites excluding steroid dienone is 2. The van der Waals surface area contributed by atoms with E-state index >= 15 is 0 Å². The zero-order valence-corrected chi connectivity index (χ0v) is 8.79. The summed E-state index contributed by atoms with van der Waals surface area (Å²) in [7, 11) is 0. The van der Waals surface area contributed by atoms with Gasteiger partial charge in [-0.2, -0.15) is 0 Å². The normalized spacial score (nSPS) is 25.8. The minimum absolute atomic E-state index is 0.849. The van der Waals surface area contributed by atoms with Crippen LogP contribution in [0.4, 0.5) is 0 Å². The zero-order valence-electron chi connectivity index (χ0n) is 6.32. The maximum absolute atomic E-state index is 5.92. The molecule has 1 heterocycles. The zero-order chi connectivity index (χ0) is 7.40. The van der Waals surface area contributed by atoms with Gasteiger partial charge in [0.15, 0.2) is 0 Å². The molecule has 0 nitrogen and oxygen atoms in total. The van der Waals surface area contributed by atoms with E-state index in [9.17, 15) is 0 Å². The summed E-state index contributed by atoms with van der Waals surface area (Å²) >= 11 is 6.77. The average Bonchev–Trinajstić information content (AvgIpc) is 2.12. The van der Waals surface area contributed by atoms with E-state index in [-0.39, 0.29) is 0 Å². The first-order chi connectivity index (χ1) is 4.80. The molecule has 0 aliphatic carbocycles. The molecule has 0 radical (unpaired) electrons. The predicted octanol–water partition coefficient (Wildman–Crippen LogP) is 3.22. The maximum atomic E-state index is 5.92. The topological polar surface area (TPSA) is 0 Å². The SMILES string of the molecule is C/C(Cl)=C1\CCCC[Se]C1. The van der Waals surface area contributed by atoms with Gasteiger partial charge in [-0.1, -0.05) is 0 Å². The molecule has 58 valence electrons. The Labute approximate surface area is 74.2 Å². The molecule has 0 aromatic carbocycles. The monoisotopic (exact) mass is 224 g/mol. The van der Waals surface area contributed by atoms with Crippen molar-refractivity contribution in [3.8, 4) is 0 Å². The van der Waals surface area contributed by atoms with Crippen molar-refractivity contribution < 1.29 is 0 Å². The Kier molecular flexibility index (Phi) is 3.83. The second-order valence-electron chi connectivity index (χ2n) is 2.65. The van der Waals surface area contributed by atoms with Crippen molar-refractivity contribution in [2.24, 2.45) is 0 Å². The molecule has 1 aliphatic rings. The molecule has 1 saturated heterocycles. The van der Waals surface area contributed by atoms with Gasteiger partial charge in [0, 0.05) is 0 Å². The Morgan fingerprint density at radius 2 is 2.30 bits per heavy atom. The van der Waals surface area contributed by atoms with Crippen molar-refractivity contribution in [2.45, 2.75) is 36.8 Å². The summed E-state index contributed by atoms with van der Waals surface area (Å²) in [4.78, 5) is 0. The van der Waals surface area contributed by atoms with E-state index in [1.807, 2.05) is 6.92 Å². The first kappa shape index (κ1) is 8.64. The van der Waals surface area contributed by atoms with E-state index in [0.29, 0.717) is 0 Å². The number of rotatable bonds is 0. The summed E-state index contributed by atoms with van der Waals surface area (Å²) < 4.78 is 0. The molecule has 0 N–H and O–H groups in total. The summed E-state index contributed by atoms with van der Waals surface area (Å²) in [6.07, 6.45) is 4.05. The van der Waals surface area contributed by atoms with E-state index in [1.54, 1.807) is 0 Å². The van der Waals surface area contributed by atoms with Crippen LogP contribution in [-0.2, 0) is 0 Å². The Hall–Kier alpha value is 0.549. The fourth-order valence-corrected chi connectivity index (χ4v) is 3.86. The molecule has 0 aromatic heterocycles. The van der Waals surface area contributed by atoms with Crippen molar-refractivity contribution in [1.29, 1.82) is 0 Å². The van der Waals surface area contributed by atoms with Gasteiger partial charge >= 0.3 is 74.0 Å². The molecular formula is C8H13ClSe. The van der Waals surface area contributed by atoms with Gasteiger partial charge in [-0.3, -0.25) is 0 Å². The summed E-state index contributed by atoms with van der Waals surface area (Å²) in [6.45, 7) is 2.03. The molecule has 1 fully saturated rings. The van der Waals surface area contributed by atoms with Gasteiger partial charge < -0.3 is 0 Å². The van der Waals surface area contributed by atoms with E-state index in [0.717, 1.165) is 20.0 Å². The van der Waals surface area contributed by atoms with Gasteiger partial charge in [0.05, 0.1) is 0 Å². The van der Waals surface area contributed by atoms with Gasteiger partial charge in [-0.15, -0.1) is 0 Å². The minimum atomic E-state index is 0.849. The fraction of sp³-hybridized carbons (Fsp3) is 0.750. The molecule has 0 saturated carbocycles. The van der Waals surface area contributed by atoms with E-state index in [2.05, 4.69) is 0 Å². The Morgan fingerprint density at radius 3 is 3.00 bits per heavy atom. The van der Waals surface area contributed by atoms with Gasteiger partial charge in [0.1, 0.15) is 0 Å². The Morgan fingerprint density at radius 1 is 1.50 bits per heavy atom. The molecular weight excluding hydrogens is 211 g/mol. The van der Waals surface area contributed by atoms with Gasteiger partial charge in [-0.25, -0.2) is 0 Å². The first-order valence-corrected chi connectivity index (χ1v) is 6.52. The summed E-state index contributed by atoms with van der Waals surface area (Å²) in [5.74, 6) is 0. The number of hydrogen-bond donors (Lipinski definition) is 0. The van der Waals surface area contributed by atoms with Crippen LogP contribution in [-0.4, -0.2) is 15.0 Å². The van der Waals surface area contributed by atoms with E-state index in [4.69, 9.17) is 11.6 Å². The van der Waals surface area contributed by atoms with Crippen molar-refractivity contribution in [3.63, 3.8) is 0 Å². The molecule has 1 aliphatic heterocycles. The molecule has 1 rings (SSSR count). The van der Waals surface area contributed by atoms with Crippen LogP contribution in [0.3, 0.4) is 0 Å². The van der Waals surface area contributed by atoms with Crippen LogP contribution in [0, 0.1) is 0 Å². The van der Waals surface area contributed by atoms with E-state index < -0.39 is 0 Å². The standard InChI is InChI=1S/C8H13ClSe/c1-7(9)8-4-2-3-5-10-6-8/h2-6H2,1H3/b8-7-. The molecule has 10 heavy (non-hydrogen) atoms. The van der Waals surface area contributed by atoms with Crippen LogP contribution >= 0.6 is 11.6 Å². The fourth-order valence-electron chi connectivity index (χ4n) is 1.08. The summed E-state index contributed by atoms with van der Waals surface area (Å²) in [6, 6.07) is 0. The van der Waals surface area contributed by atoms with Crippen molar-refractivity contribution in [2.75, 3.05) is 0 Å². The molecule has 0 amide bonds. The van der Waals surface area contributed by atoms with Gasteiger partial charge in [-0.05, 0) is 0 Å². The Bertz CT molecular complexity index is 126. The van der Waals surface area contributed by atoms with Gasteiger partial charge in [0.2, 0.25) is 0 Å². The number of hydrogen-bond acceptors (Lipinski definition) is 0. The van der Waals surface area contributed by atoms with Crippen molar-refractivity contribution in [1.82, 2.24) is 0 Å². The molecule has 0 unspecified atom stereocenters. The molecule has 0 spiro atoms. The third-order valence-electron chi connectivity index (χ3n) is 1.78. The quantitative estimate of drug-likeness (QED) is 0.553. The molecule has 2 heteroatoms. The molecule has 0 atom stereocenters. The summed E-state index contributed by atoms with van der Waals surface area (Å²) in [5.41, 5.74) is 1.53. The second-order valence-corrected chi connectivity index (χ2v) is 5.53. The summed E-state index contributed by atoms with van der Waals surface area (Å²) in [5, 5.41) is 3.83. The second kappa shape index (κ2) is 4.43. The van der Waals surface area contributed by atoms with Crippen molar-refractivity contribution in [3.05, 3.63) is 10.6 Å². The van der Waals surface area contributed by atoms with Crippen LogP contribution in [0.15, 0.2) is 10.6 Å². The third kappa shape index (κ3) is 2.65. The van der Waals surface area contributed by atoms with Gasteiger partial charge in [0.25, 0.3) is 0 Å². The van der Waals surface area contributed by atoms with Crippen LogP contribution < -0.4 is 0 Å². The van der Waals surface area contributed by atoms with E-state index in [1.165, 1.54) is 35.5 Å². The van der Waals surface area contributed by atoms with Crippen LogP contribution in [0.5, 0.6) is 0 Å². The third-order valence-corrected chi connectivity index (χ3v) is 4.42.